The van der Waals surface area contributed by atoms with Gasteiger partial charge in [0, 0.05) is 6.04 Å². The van der Waals surface area contributed by atoms with E-state index in [-0.39, 0.29) is 0 Å². The lowest BCUT2D eigenvalue weighted by atomic mass is 9.94. The molecule has 2 unspecified atom stereocenters. The van der Waals surface area contributed by atoms with Gasteiger partial charge in [0.15, 0.2) is 0 Å². The second-order valence-electron chi connectivity index (χ2n) is 11.4. The summed E-state index contributed by atoms with van der Waals surface area (Å²) in [5, 5.41) is 0. The van der Waals surface area contributed by atoms with Gasteiger partial charge in [-0.2, -0.15) is 0 Å². The molecule has 0 aromatic rings. The van der Waals surface area contributed by atoms with Crippen LogP contribution in [-0.2, 0) is 0 Å². The second kappa shape index (κ2) is 19.4. The molecule has 0 amide bonds. The summed E-state index contributed by atoms with van der Waals surface area (Å²) >= 11 is 0. The summed E-state index contributed by atoms with van der Waals surface area (Å²) in [6.45, 7) is 7.17. The Morgan fingerprint density at radius 1 is 0.613 bits per heavy atom. The smallest absolute Gasteiger partial charge is 0.00891 e. The fraction of sp³-hybridized carbons (Fsp3) is 1.00. The first-order chi connectivity index (χ1) is 15.1. The molecule has 0 N–H and O–H groups in total. The molecule has 0 spiro atoms. The van der Waals surface area contributed by atoms with Crippen molar-refractivity contribution in [2.24, 2.45) is 17.8 Å². The third kappa shape index (κ3) is 15.4. The van der Waals surface area contributed by atoms with Crippen LogP contribution in [0.3, 0.4) is 0 Å². The first-order valence-corrected chi connectivity index (χ1v) is 14.8. The van der Waals surface area contributed by atoms with Crippen LogP contribution >= 0.6 is 0 Å². The maximum atomic E-state index is 2.55. The quantitative estimate of drug-likeness (QED) is 0.144. The van der Waals surface area contributed by atoms with Crippen molar-refractivity contribution < 1.29 is 0 Å². The summed E-state index contributed by atoms with van der Waals surface area (Å²) in [5.41, 5.74) is 0. The lowest BCUT2D eigenvalue weighted by Gasteiger charge is -2.24. The first-order valence-electron chi connectivity index (χ1n) is 14.8. The van der Waals surface area contributed by atoms with Crippen molar-refractivity contribution in [3.05, 3.63) is 0 Å². The van der Waals surface area contributed by atoms with Gasteiger partial charge < -0.3 is 4.90 Å². The zero-order valence-electron chi connectivity index (χ0n) is 22.6. The monoisotopic (exact) mass is 435 g/mol. The Morgan fingerprint density at radius 3 is 1.61 bits per heavy atom. The van der Waals surface area contributed by atoms with E-state index in [1.807, 2.05) is 0 Å². The van der Waals surface area contributed by atoms with Crippen LogP contribution in [0.25, 0.3) is 0 Å². The molecule has 186 valence electrons. The molecule has 1 nitrogen and oxygen atoms in total. The molecule has 1 aliphatic rings. The fourth-order valence-corrected chi connectivity index (χ4v) is 5.72. The van der Waals surface area contributed by atoms with E-state index in [0.29, 0.717) is 0 Å². The SMILES string of the molecule is CCCCCCCCC[C@H](CCCCCC(C)C1C[C@H]1CCCCCCCC)N(C)C. The number of unbranched alkanes of at least 4 members (excludes halogenated alkanes) is 13. The Kier molecular flexibility index (Phi) is 18.2. The average molecular weight is 436 g/mol. The Labute approximate surface area is 198 Å². The van der Waals surface area contributed by atoms with E-state index in [2.05, 4.69) is 39.8 Å². The van der Waals surface area contributed by atoms with Gasteiger partial charge in [-0.25, -0.2) is 0 Å². The van der Waals surface area contributed by atoms with E-state index >= 15 is 0 Å². The van der Waals surface area contributed by atoms with E-state index < -0.39 is 0 Å². The maximum Gasteiger partial charge on any atom is 0.00891 e. The summed E-state index contributed by atoms with van der Waals surface area (Å²) in [7, 11) is 4.59. The van der Waals surface area contributed by atoms with Gasteiger partial charge in [0.25, 0.3) is 0 Å². The van der Waals surface area contributed by atoms with Gasteiger partial charge >= 0.3 is 0 Å². The molecule has 0 aromatic heterocycles. The zero-order valence-corrected chi connectivity index (χ0v) is 22.6. The molecule has 0 aromatic carbocycles. The summed E-state index contributed by atoms with van der Waals surface area (Å²) < 4.78 is 0. The molecule has 1 aliphatic carbocycles. The largest absolute Gasteiger partial charge is 0.306 e. The van der Waals surface area contributed by atoms with Crippen LogP contribution in [0.5, 0.6) is 0 Å². The Hall–Kier alpha value is -0.0400. The molecule has 1 saturated carbocycles. The number of hydrogen-bond acceptors (Lipinski definition) is 1. The molecular formula is C30H61N. The molecule has 4 atom stereocenters. The highest BCUT2D eigenvalue weighted by Gasteiger charge is 2.39. The minimum atomic E-state index is 0.818. The van der Waals surface area contributed by atoms with E-state index in [0.717, 1.165) is 23.8 Å². The highest BCUT2D eigenvalue weighted by molar-refractivity contribution is 4.89. The number of hydrogen-bond donors (Lipinski definition) is 0. The third-order valence-electron chi connectivity index (χ3n) is 8.20. The number of rotatable bonds is 23. The lowest BCUT2D eigenvalue weighted by molar-refractivity contribution is 0.250. The predicted octanol–water partition coefficient (Wildman–Crippen LogP) is 10.0. The van der Waals surface area contributed by atoms with Crippen LogP contribution in [0.15, 0.2) is 0 Å². The minimum Gasteiger partial charge on any atom is -0.306 e. The summed E-state index contributed by atoms with van der Waals surface area (Å²) in [5.74, 6) is 3.17. The van der Waals surface area contributed by atoms with Crippen molar-refractivity contribution in [3.8, 4) is 0 Å². The molecule has 1 fully saturated rings. The van der Waals surface area contributed by atoms with Gasteiger partial charge in [-0.3, -0.25) is 0 Å². The van der Waals surface area contributed by atoms with E-state index in [9.17, 15) is 0 Å². The Morgan fingerprint density at radius 2 is 1.06 bits per heavy atom. The van der Waals surface area contributed by atoms with Gasteiger partial charge in [0.1, 0.15) is 0 Å². The van der Waals surface area contributed by atoms with Crippen molar-refractivity contribution >= 4 is 0 Å². The zero-order chi connectivity index (χ0) is 22.7. The first kappa shape index (κ1) is 29.0. The lowest BCUT2D eigenvalue weighted by Crippen LogP contribution is -2.27. The van der Waals surface area contributed by atoms with Gasteiger partial charge in [-0.15, -0.1) is 0 Å². The standard InChI is InChI=1S/C30H61N/c1-6-8-10-12-14-16-20-24-29(31(4)5)25-21-17-18-22-27(3)30-26-28(30)23-19-15-13-11-9-7-2/h27-30H,6-26H2,1-5H3/t27?,28-,29-,30?/m1/s1. The van der Waals surface area contributed by atoms with E-state index in [1.165, 1.54) is 128 Å². The highest BCUT2D eigenvalue weighted by Crippen LogP contribution is 2.48. The van der Waals surface area contributed by atoms with Gasteiger partial charge in [-0.05, 0) is 51.1 Å². The molecule has 0 saturated heterocycles. The van der Waals surface area contributed by atoms with Crippen LogP contribution in [0.2, 0.25) is 0 Å². The fourth-order valence-electron chi connectivity index (χ4n) is 5.72. The summed E-state index contributed by atoms with van der Waals surface area (Å²) in [6, 6.07) is 0.818. The highest BCUT2D eigenvalue weighted by atomic mass is 15.1. The van der Waals surface area contributed by atoms with Crippen LogP contribution in [0.4, 0.5) is 0 Å². The van der Waals surface area contributed by atoms with Gasteiger partial charge in [0.2, 0.25) is 0 Å². The van der Waals surface area contributed by atoms with Crippen LogP contribution < -0.4 is 0 Å². The van der Waals surface area contributed by atoms with Crippen molar-refractivity contribution in [3.63, 3.8) is 0 Å². The van der Waals surface area contributed by atoms with Crippen molar-refractivity contribution in [1.29, 1.82) is 0 Å². The van der Waals surface area contributed by atoms with E-state index in [1.54, 1.807) is 6.42 Å². The Balaban J connectivity index is 1.98. The third-order valence-corrected chi connectivity index (χ3v) is 8.20. The summed E-state index contributed by atoms with van der Waals surface area (Å²) in [4.78, 5) is 2.50. The molecule has 0 heterocycles. The van der Waals surface area contributed by atoms with Crippen LogP contribution in [0, 0.1) is 17.8 Å². The molecule has 1 heteroatoms. The van der Waals surface area contributed by atoms with Crippen molar-refractivity contribution in [2.45, 2.75) is 162 Å². The Bertz CT molecular complexity index is 377. The average Bonchev–Trinajstić information content (AvgIpc) is 3.53. The normalized spacial score (nSPS) is 20.3. The molecule has 0 radical (unpaired) electrons. The topological polar surface area (TPSA) is 3.24 Å². The molecule has 0 aliphatic heterocycles. The second-order valence-corrected chi connectivity index (χ2v) is 11.4. The predicted molar refractivity (Wildman–Crippen MR) is 142 cm³/mol. The van der Waals surface area contributed by atoms with Gasteiger partial charge in [-0.1, -0.05) is 136 Å². The minimum absolute atomic E-state index is 0.818. The molecule has 0 bridgehead atoms. The van der Waals surface area contributed by atoms with Gasteiger partial charge in [0.05, 0.1) is 0 Å². The van der Waals surface area contributed by atoms with Crippen molar-refractivity contribution in [1.82, 2.24) is 4.90 Å². The number of nitrogens with zero attached hydrogens (tertiary/aromatic N) is 1. The van der Waals surface area contributed by atoms with Crippen molar-refractivity contribution in [2.75, 3.05) is 14.1 Å². The van der Waals surface area contributed by atoms with Crippen LogP contribution in [-0.4, -0.2) is 25.0 Å². The molecular weight excluding hydrogens is 374 g/mol. The molecule has 1 rings (SSSR count). The van der Waals surface area contributed by atoms with E-state index in [4.69, 9.17) is 0 Å². The molecule has 31 heavy (non-hydrogen) atoms. The summed E-state index contributed by atoms with van der Waals surface area (Å²) in [6.07, 6.45) is 30.6. The maximum absolute atomic E-state index is 2.55. The van der Waals surface area contributed by atoms with Crippen LogP contribution in [0.1, 0.15) is 156 Å².